The second-order valence-electron chi connectivity index (χ2n) is 5.59. The van der Waals surface area contributed by atoms with Crippen molar-refractivity contribution in [3.8, 4) is 22.8 Å². The largest absolute Gasteiger partial charge is 0.496 e. The molecule has 3 rings (SSSR count). The maximum Gasteiger partial charge on any atom is 0.166 e. The smallest absolute Gasteiger partial charge is 0.166 e. The van der Waals surface area contributed by atoms with Gasteiger partial charge in [-0.05, 0) is 37.3 Å². The molecule has 7 heteroatoms. The van der Waals surface area contributed by atoms with Crippen molar-refractivity contribution < 1.29 is 13.9 Å². The van der Waals surface area contributed by atoms with E-state index in [1.54, 1.807) is 36.1 Å². The molecule has 0 aliphatic rings. The number of nitrogen functional groups attached to an aromatic ring is 1. The van der Waals surface area contributed by atoms with E-state index < -0.39 is 6.10 Å². The van der Waals surface area contributed by atoms with Gasteiger partial charge in [-0.25, -0.2) is 9.37 Å². The van der Waals surface area contributed by atoms with Gasteiger partial charge in [0.25, 0.3) is 0 Å². The van der Waals surface area contributed by atoms with Crippen LogP contribution in [0.5, 0.6) is 11.5 Å². The zero-order valence-corrected chi connectivity index (χ0v) is 14.2. The fraction of sp³-hybridized carbons (Fsp3) is 0.222. The van der Waals surface area contributed by atoms with E-state index in [2.05, 4.69) is 10.1 Å². The van der Waals surface area contributed by atoms with Gasteiger partial charge in [-0.1, -0.05) is 0 Å². The molecule has 0 aliphatic heterocycles. The molecule has 0 saturated heterocycles. The lowest BCUT2D eigenvalue weighted by molar-refractivity contribution is 0.221. The average Bonchev–Trinajstić information content (AvgIpc) is 3.02. The summed E-state index contributed by atoms with van der Waals surface area (Å²) in [4.78, 5) is 4.19. The fourth-order valence-electron chi connectivity index (χ4n) is 2.62. The molecular formula is C18H19FN4O2. The van der Waals surface area contributed by atoms with Gasteiger partial charge in [0, 0.05) is 30.6 Å². The fourth-order valence-corrected chi connectivity index (χ4v) is 2.62. The lowest BCUT2D eigenvalue weighted by Gasteiger charge is -2.19. The number of aryl methyl sites for hydroxylation is 1. The van der Waals surface area contributed by atoms with Crippen molar-refractivity contribution in [1.82, 2.24) is 14.8 Å². The second-order valence-corrected chi connectivity index (χ2v) is 5.59. The molecule has 0 saturated carbocycles. The molecule has 2 heterocycles. The molecular weight excluding hydrogens is 323 g/mol. The van der Waals surface area contributed by atoms with E-state index in [1.165, 1.54) is 19.2 Å². The van der Waals surface area contributed by atoms with Crippen LogP contribution in [0.15, 0.2) is 42.7 Å². The number of rotatable bonds is 5. The Balaban J connectivity index is 1.93. The molecule has 6 nitrogen and oxygen atoms in total. The number of nitrogens with zero attached hydrogens (tertiary/aromatic N) is 3. The van der Waals surface area contributed by atoms with Gasteiger partial charge in [-0.15, -0.1) is 0 Å². The van der Waals surface area contributed by atoms with Gasteiger partial charge in [-0.3, -0.25) is 4.68 Å². The number of halogens is 1. The number of hydrogen-bond donors (Lipinski definition) is 1. The summed E-state index contributed by atoms with van der Waals surface area (Å²) in [5, 5.41) is 4.14. The summed E-state index contributed by atoms with van der Waals surface area (Å²) in [6.45, 7) is 1.80. The molecule has 0 bridgehead atoms. The third kappa shape index (κ3) is 3.40. The molecule has 25 heavy (non-hydrogen) atoms. The molecule has 0 radical (unpaired) electrons. The van der Waals surface area contributed by atoms with E-state index >= 15 is 0 Å². The zero-order chi connectivity index (χ0) is 18.0. The molecule has 0 amide bonds. The molecule has 0 aliphatic carbocycles. The molecule has 1 aromatic carbocycles. The summed E-state index contributed by atoms with van der Waals surface area (Å²) < 4.78 is 26.6. The van der Waals surface area contributed by atoms with Gasteiger partial charge in [0.1, 0.15) is 17.7 Å². The molecule has 1 atom stereocenters. The van der Waals surface area contributed by atoms with Crippen LogP contribution in [0.3, 0.4) is 0 Å². The molecule has 3 aromatic rings. The van der Waals surface area contributed by atoms with E-state index in [4.69, 9.17) is 15.2 Å². The summed E-state index contributed by atoms with van der Waals surface area (Å²) in [6.07, 6.45) is 2.88. The van der Waals surface area contributed by atoms with Crippen molar-refractivity contribution >= 4 is 5.82 Å². The Labute approximate surface area is 145 Å². The number of benzene rings is 1. The van der Waals surface area contributed by atoms with Crippen LogP contribution >= 0.6 is 0 Å². The number of methoxy groups -OCH3 is 1. The lowest BCUT2D eigenvalue weighted by atomic mass is 10.1. The highest BCUT2D eigenvalue weighted by molar-refractivity contribution is 5.64. The van der Waals surface area contributed by atoms with E-state index in [1.807, 2.05) is 13.1 Å². The first-order chi connectivity index (χ1) is 12.0. The quantitative estimate of drug-likeness (QED) is 0.769. The van der Waals surface area contributed by atoms with Gasteiger partial charge in [0.2, 0.25) is 0 Å². The minimum Gasteiger partial charge on any atom is -0.496 e. The van der Waals surface area contributed by atoms with Crippen molar-refractivity contribution in [2.45, 2.75) is 13.0 Å². The monoisotopic (exact) mass is 342 g/mol. The number of aromatic nitrogens is 3. The third-order valence-corrected chi connectivity index (χ3v) is 3.93. The first kappa shape index (κ1) is 16.8. The lowest BCUT2D eigenvalue weighted by Crippen LogP contribution is -2.08. The number of ether oxygens (including phenoxy) is 2. The Bertz CT molecular complexity index is 895. The van der Waals surface area contributed by atoms with Crippen molar-refractivity contribution in [2.24, 2.45) is 7.05 Å². The number of pyridine rings is 1. The highest BCUT2D eigenvalue weighted by atomic mass is 19.1. The highest BCUT2D eigenvalue weighted by Gasteiger charge is 2.17. The summed E-state index contributed by atoms with van der Waals surface area (Å²) in [6, 6.07) is 7.96. The third-order valence-electron chi connectivity index (χ3n) is 3.93. The van der Waals surface area contributed by atoms with Gasteiger partial charge < -0.3 is 15.2 Å². The number of hydrogen-bond acceptors (Lipinski definition) is 5. The molecule has 0 spiro atoms. The normalized spacial score (nSPS) is 12.0. The van der Waals surface area contributed by atoms with Crippen LogP contribution in [-0.2, 0) is 7.05 Å². The first-order valence-corrected chi connectivity index (χ1v) is 7.73. The summed E-state index contributed by atoms with van der Waals surface area (Å²) >= 11 is 0. The van der Waals surface area contributed by atoms with E-state index in [0.29, 0.717) is 17.1 Å². The van der Waals surface area contributed by atoms with Crippen molar-refractivity contribution in [3.63, 3.8) is 0 Å². The molecule has 2 N–H and O–H groups in total. The first-order valence-electron chi connectivity index (χ1n) is 7.73. The van der Waals surface area contributed by atoms with Crippen molar-refractivity contribution in [2.75, 3.05) is 12.8 Å². The predicted molar refractivity (Wildman–Crippen MR) is 92.8 cm³/mol. The van der Waals surface area contributed by atoms with E-state index in [0.717, 1.165) is 11.3 Å². The minimum absolute atomic E-state index is 0.258. The van der Waals surface area contributed by atoms with Crippen LogP contribution in [0.1, 0.15) is 18.6 Å². The molecule has 2 aromatic heterocycles. The highest BCUT2D eigenvalue weighted by Crippen LogP contribution is 2.33. The summed E-state index contributed by atoms with van der Waals surface area (Å²) in [5.74, 6) is 0.856. The van der Waals surface area contributed by atoms with Gasteiger partial charge >= 0.3 is 0 Å². The Kier molecular flexibility index (Phi) is 4.56. The average molecular weight is 342 g/mol. The van der Waals surface area contributed by atoms with Gasteiger partial charge in [0.15, 0.2) is 11.6 Å². The molecule has 0 fully saturated rings. The van der Waals surface area contributed by atoms with Crippen LogP contribution in [-0.4, -0.2) is 21.9 Å². The Hall–Kier alpha value is -3.09. The number of anilines is 1. The van der Waals surface area contributed by atoms with Crippen LogP contribution in [0.4, 0.5) is 10.2 Å². The Morgan fingerprint density at radius 2 is 2.00 bits per heavy atom. The molecule has 1 unspecified atom stereocenters. The zero-order valence-electron chi connectivity index (χ0n) is 14.2. The Morgan fingerprint density at radius 1 is 1.20 bits per heavy atom. The van der Waals surface area contributed by atoms with E-state index in [-0.39, 0.29) is 11.6 Å². The maximum atomic E-state index is 13.6. The van der Waals surface area contributed by atoms with E-state index in [9.17, 15) is 4.39 Å². The van der Waals surface area contributed by atoms with Gasteiger partial charge in [0.05, 0.1) is 12.8 Å². The SMILES string of the molecule is COc1ccc(F)cc1C(C)Oc1cc(-c2ccnn2C)cnc1N. The minimum atomic E-state index is -0.475. The standard InChI is InChI=1S/C18H19FN4O2/c1-11(14-9-13(19)4-5-16(14)24-3)25-17-8-12(10-21-18(17)20)15-6-7-22-23(15)2/h4-11H,1-3H3,(H2,20,21). The Morgan fingerprint density at radius 3 is 2.68 bits per heavy atom. The van der Waals surface area contributed by atoms with Crippen LogP contribution < -0.4 is 15.2 Å². The predicted octanol–water partition coefficient (Wildman–Crippen LogP) is 3.35. The maximum absolute atomic E-state index is 13.6. The van der Waals surface area contributed by atoms with Crippen LogP contribution in [0, 0.1) is 5.82 Å². The number of nitrogens with two attached hydrogens (primary N) is 1. The summed E-state index contributed by atoms with van der Waals surface area (Å²) in [7, 11) is 3.37. The second kappa shape index (κ2) is 6.80. The van der Waals surface area contributed by atoms with Crippen molar-refractivity contribution in [1.29, 1.82) is 0 Å². The van der Waals surface area contributed by atoms with Gasteiger partial charge in [-0.2, -0.15) is 5.10 Å². The van der Waals surface area contributed by atoms with Crippen LogP contribution in [0.25, 0.3) is 11.3 Å². The van der Waals surface area contributed by atoms with Crippen LogP contribution in [0.2, 0.25) is 0 Å². The van der Waals surface area contributed by atoms with Crippen molar-refractivity contribution in [3.05, 3.63) is 54.1 Å². The molecule has 130 valence electrons. The summed E-state index contributed by atoms with van der Waals surface area (Å²) in [5.41, 5.74) is 8.24. The topological polar surface area (TPSA) is 75.2 Å².